The van der Waals surface area contributed by atoms with Gasteiger partial charge in [0.1, 0.15) is 11.7 Å². The molecule has 0 atom stereocenters. The van der Waals surface area contributed by atoms with Crippen LogP contribution in [0, 0.1) is 0 Å². The molecule has 0 amide bonds. The third-order valence-electron chi connectivity index (χ3n) is 3.23. The molecule has 1 aliphatic rings. The molecule has 1 saturated carbocycles. The highest BCUT2D eigenvalue weighted by atomic mass is 35.5. The van der Waals surface area contributed by atoms with Crippen molar-refractivity contribution in [2.24, 2.45) is 0 Å². The molecular weight excluding hydrogens is 254 g/mol. The van der Waals surface area contributed by atoms with Crippen LogP contribution in [0.1, 0.15) is 18.5 Å². The number of oxazole rings is 1. The van der Waals surface area contributed by atoms with Crippen molar-refractivity contribution in [3.63, 3.8) is 0 Å². The minimum atomic E-state index is -0.839. The van der Waals surface area contributed by atoms with Gasteiger partial charge < -0.3 is 9.52 Å². The van der Waals surface area contributed by atoms with E-state index in [1.807, 2.05) is 6.07 Å². The van der Waals surface area contributed by atoms with Gasteiger partial charge in [-0.05, 0) is 31.0 Å². The van der Waals surface area contributed by atoms with Gasteiger partial charge in [0.05, 0.1) is 5.69 Å². The van der Waals surface area contributed by atoms with Crippen molar-refractivity contribution < 1.29 is 14.3 Å². The van der Waals surface area contributed by atoms with Crippen LogP contribution >= 0.6 is 11.6 Å². The van der Waals surface area contributed by atoms with Gasteiger partial charge in [-0.2, -0.15) is 0 Å². The second-order valence-corrected chi connectivity index (χ2v) is 4.87. The Bertz CT molecular complexity index is 616. The number of carboxylic acid groups (broad SMARTS) is 1. The van der Waals surface area contributed by atoms with Gasteiger partial charge in [-0.25, -0.2) is 4.98 Å². The molecule has 18 heavy (non-hydrogen) atoms. The minimum absolute atomic E-state index is 0.403. The highest BCUT2D eigenvalue weighted by Gasteiger charge is 2.54. The van der Waals surface area contributed by atoms with Gasteiger partial charge in [0.15, 0.2) is 0 Å². The lowest BCUT2D eigenvalue weighted by atomic mass is 10.0. The van der Waals surface area contributed by atoms with Gasteiger partial charge in [0.2, 0.25) is 5.89 Å². The lowest BCUT2D eigenvalue weighted by Gasteiger charge is -2.03. The molecule has 3 rings (SSSR count). The molecule has 0 saturated heterocycles. The largest absolute Gasteiger partial charge is 0.481 e. The van der Waals surface area contributed by atoms with E-state index in [4.69, 9.17) is 16.0 Å². The van der Waals surface area contributed by atoms with Crippen molar-refractivity contribution in [1.29, 1.82) is 0 Å². The average Bonchev–Trinajstić information content (AvgIpc) is 3.01. The van der Waals surface area contributed by atoms with Crippen molar-refractivity contribution >= 4 is 17.6 Å². The Labute approximate surface area is 108 Å². The molecule has 92 valence electrons. The van der Waals surface area contributed by atoms with E-state index in [9.17, 15) is 9.90 Å². The molecule has 1 aromatic carbocycles. The molecule has 1 aliphatic carbocycles. The normalized spacial score (nSPS) is 16.5. The molecular formula is C13H10ClNO3. The zero-order valence-electron chi connectivity index (χ0n) is 9.39. The predicted octanol–water partition coefficient (Wildman–Crippen LogP) is 3.11. The van der Waals surface area contributed by atoms with Crippen molar-refractivity contribution in [1.82, 2.24) is 4.98 Å². The highest BCUT2D eigenvalue weighted by molar-refractivity contribution is 6.30. The summed E-state index contributed by atoms with van der Waals surface area (Å²) in [5.74, 6) is -0.437. The fourth-order valence-electron chi connectivity index (χ4n) is 1.95. The maximum atomic E-state index is 11.2. The molecule has 1 heterocycles. The Hall–Kier alpha value is -1.81. The number of hydrogen-bond acceptors (Lipinski definition) is 3. The van der Waals surface area contributed by atoms with Crippen molar-refractivity contribution in [2.45, 2.75) is 18.3 Å². The van der Waals surface area contributed by atoms with Crippen molar-refractivity contribution in [2.75, 3.05) is 0 Å². The van der Waals surface area contributed by atoms with E-state index in [2.05, 4.69) is 4.98 Å². The summed E-state index contributed by atoms with van der Waals surface area (Å²) in [6, 6.07) is 7.11. The van der Waals surface area contributed by atoms with Crippen LogP contribution in [0.3, 0.4) is 0 Å². The van der Waals surface area contributed by atoms with Crippen molar-refractivity contribution in [3.8, 4) is 11.5 Å². The fraction of sp³-hybridized carbons (Fsp3) is 0.231. The number of aliphatic carboxylic acids is 1. The lowest BCUT2D eigenvalue weighted by Crippen LogP contribution is -2.19. The summed E-state index contributed by atoms with van der Waals surface area (Å²) >= 11 is 5.89. The number of nitrogens with zero attached hydrogens (tertiary/aromatic N) is 1. The Morgan fingerprint density at radius 1 is 1.44 bits per heavy atom. The minimum Gasteiger partial charge on any atom is -0.481 e. The third-order valence-corrected chi connectivity index (χ3v) is 3.46. The Morgan fingerprint density at radius 2 is 2.22 bits per heavy atom. The zero-order chi connectivity index (χ0) is 12.8. The van der Waals surface area contributed by atoms with E-state index in [1.165, 1.54) is 6.26 Å². The Kier molecular flexibility index (Phi) is 2.41. The number of hydrogen-bond donors (Lipinski definition) is 1. The number of carbonyl (C=O) groups is 1. The van der Waals surface area contributed by atoms with Gasteiger partial charge in [0, 0.05) is 10.6 Å². The van der Waals surface area contributed by atoms with Crippen LogP contribution in [0.4, 0.5) is 0 Å². The van der Waals surface area contributed by atoms with Gasteiger partial charge in [0.25, 0.3) is 0 Å². The highest BCUT2D eigenvalue weighted by Crippen LogP contribution is 2.48. The SMILES string of the molecule is O=C(O)C1(c2coc(-c3cccc(Cl)c3)n2)CC1. The first-order chi connectivity index (χ1) is 8.62. The number of halogens is 1. The molecule has 0 spiro atoms. The lowest BCUT2D eigenvalue weighted by molar-refractivity contribution is -0.140. The van der Waals surface area contributed by atoms with E-state index < -0.39 is 11.4 Å². The first-order valence-corrected chi connectivity index (χ1v) is 5.95. The van der Waals surface area contributed by atoms with Crippen LogP contribution in [0.25, 0.3) is 11.5 Å². The summed E-state index contributed by atoms with van der Waals surface area (Å²) in [6.07, 6.45) is 2.66. The van der Waals surface area contributed by atoms with Crippen LogP contribution < -0.4 is 0 Å². The summed E-state index contributed by atoms with van der Waals surface area (Å²) < 4.78 is 5.35. The smallest absolute Gasteiger partial charge is 0.315 e. The Balaban J connectivity index is 1.98. The quantitative estimate of drug-likeness (QED) is 0.924. The molecule has 0 radical (unpaired) electrons. The molecule has 0 aliphatic heterocycles. The van der Waals surface area contributed by atoms with Crippen LogP contribution in [0.2, 0.25) is 5.02 Å². The van der Waals surface area contributed by atoms with Crippen LogP contribution in [-0.4, -0.2) is 16.1 Å². The van der Waals surface area contributed by atoms with Gasteiger partial charge >= 0.3 is 5.97 Å². The maximum absolute atomic E-state index is 11.2. The molecule has 0 bridgehead atoms. The molecule has 1 fully saturated rings. The fourth-order valence-corrected chi connectivity index (χ4v) is 2.14. The van der Waals surface area contributed by atoms with Gasteiger partial charge in [-0.15, -0.1) is 0 Å². The van der Waals surface area contributed by atoms with E-state index in [-0.39, 0.29) is 0 Å². The first kappa shape index (κ1) is 11.3. The summed E-state index contributed by atoms with van der Waals surface area (Å²) in [4.78, 5) is 15.5. The summed E-state index contributed by atoms with van der Waals surface area (Å²) in [6.45, 7) is 0. The average molecular weight is 264 g/mol. The van der Waals surface area contributed by atoms with E-state index >= 15 is 0 Å². The number of benzene rings is 1. The number of carboxylic acids is 1. The molecule has 1 aromatic heterocycles. The standard InChI is InChI=1S/C13H10ClNO3/c14-9-3-1-2-8(6-9)11-15-10(7-18-11)13(4-5-13)12(16)17/h1-3,6-7H,4-5H2,(H,16,17). The van der Waals surface area contributed by atoms with Crippen LogP contribution in [-0.2, 0) is 10.2 Å². The molecule has 0 unspecified atom stereocenters. The third kappa shape index (κ3) is 1.69. The van der Waals surface area contributed by atoms with E-state index in [0.717, 1.165) is 5.56 Å². The second-order valence-electron chi connectivity index (χ2n) is 4.44. The molecule has 4 nitrogen and oxygen atoms in total. The first-order valence-electron chi connectivity index (χ1n) is 5.57. The maximum Gasteiger partial charge on any atom is 0.315 e. The van der Waals surface area contributed by atoms with Gasteiger partial charge in [-0.3, -0.25) is 4.79 Å². The monoisotopic (exact) mass is 263 g/mol. The summed E-state index contributed by atoms with van der Waals surface area (Å²) in [5, 5.41) is 9.77. The Morgan fingerprint density at radius 3 is 2.83 bits per heavy atom. The van der Waals surface area contributed by atoms with Crippen LogP contribution in [0.15, 0.2) is 34.9 Å². The zero-order valence-corrected chi connectivity index (χ0v) is 10.1. The van der Waals surface area contributed by atoms with Gasteiger partial charge in [-0.1, -0.05) is 17.7 Å². The van der Waals surface area contributed by atoms with E-state index in [1.54, 1.807) is 18.2 Å². The molecule has 1 N–H and O–H groups in total. The topological polar surface area (TPSA) is 63.3 Å². The van der Waals surface area contributed by atoms with Crippen LogP contribution in [0.5, 0.6) is 0 Å². The molecule has 5 heteroatoms. The van der Waals surface area contributed by atoms with E-state index in [0.29, 0.717) is 29.4 Å². The predicted molar refractivity (Wildman–Crippen MR) is 65.5 cm³/mol. The van der Waals surface area contributed by atoms with Crippen molar-refractivity contribution in [3.05, 3.63) is 41.2 Å². The number of rotatable bonds is 3. The number of aromatic nitrogens is 1. The second kappa shape index (κ2) is 3.85. The summed E-state index contributed by atoms with van der Waals surface area (Å²) in [7, 11) is 0. The molecule has 2 aromatic rings. The summed E-state index contributed by atoms with van der Waals surface area (Å²) in [5.41, 5.74) is 0.403.